The lowest BCUT2D eigenvalue weighted by Gasteiger charge is -2.26. The molecule has 0 saturated heterocycles. The smallest absolute Gasteiger partial charge is 0.335 e. The van der Waals surface area contributed by atoms with Crippen LogP contribution in [0.15, 0.2) is 452 Å². The fourth-order valence-electron chi connectivity index (χ4n) is 14.6. The summed E-state index contributed by atoms with van der Waals surface area (Å²) >= 11 is 0. The van der Waals surface area contributed by atoms with Gasteiger partial charge in [0.1, 0.15) is 28.7 Å². The van der Waals surface area contributed by atoms with Crippen LogP contribution >= 0.6 is 0 Å². The maximum absolute atomic E-state index is 11.7. The van der Waals surface area contributed by atoms with E-state index in [1.54, 1.807) is 60.7 Å². The quantitative estimate of drug-likeness (QED) is 0.0260. The lowest BCUT2D eigenvalue weighted by Crippen LogP contribution is -2.10. The molecule has 0 aromatic heterocycles. The highest BCUT2D eigenvalue weighted by Gasteiger charge is 2.21. The number of carbonyl (C=O) groups excluding carboxylic acids is 5. The van der Waals surface area contributed by atoms with E-state index in [0.717, 1.165) is 149 Å². The average Bonchev–Trinajstić information content (AvgIpc) is 0.796. The van der Waals surface area contributed by atoms with Crippen LogP contribution < -0.4 is 48.2 Å². The standard InChI is InChI=1S/2C44H36N2O4.C29H25NO2/c1-5-43(47)49-41-27-23-39(24-28-41)45(35-15-7-31(3)8-16-35)37-19-11-33(12-20-37)34-13-21-38(22-14-34)46(36-17-9-32(4)10-18-36)40-25-29-42(30-26-40)50-44(48)6-2;1-5-43(47)49-41-27-23-39(24-28-41)46(40-25-29-42(30-26-40)50-44(48)6-2)38-21-13-34(14-22-38)33-11-19-37(20-12-33)45(35-15-7-31(3)8-16-35)36-17-9-32(4)10-18-36;1-4-29(31)32-28-19-11-24(12-20-28)23-9-17-27(18-10-23)30(25-13-5-21(2)6-14-25)26-15-7-22(3)8-16-26/h2*5-30H,1-2H2,3-4H3;4-20H,1H2,2-3H3. The zero-order chi connectivity index (χ0) is 92.6. The molecule has 0 fully saturated rings. The number of hydrogen-bond donors (Lipinski definition) is 0. The van der Waals surface area contributed by atoms with E-state index in [4.69, 9.17) is 23.7 Å². The Morgan fingerprint density at radius 1 is 0.159 bits per heavy atom. The molecule has 16 rings (SSSR count). The highest BCUT2D eigenvalue weighted by atomic mass is 16.5. The molecule has 15 heteroatoms. The summed E-state index contributed by atoms with van der Waals surface area (Å²) < 4.78 is 26.3. The van der Waals surface area contributed by atoms with E-state index in [2.05, 4.69) is 366 Å². The molecule has 0 aliphatic carbocycles. The maximum atomic E-state index is 11.7. The van der Waals surface area contributed by atoms with Crippen molar-refractivity contribution < 1.29 is 47.7 Å². The number of anilines is 15. The first-order valence-corrected chi connectivity index (χ1v) is 42.8. The van der Waals surface area contributed by atoms with Crippen LogP contribution in [0.3, 0.4) is 0 Å². The van der Waals surface area contributed by atoms with Gasteiger partial charge in [-0.3, -0.25) is 0 Å². The molecule has 0 aliphatic heterocycles. The van der Waals surface area contributed by atoms with Crippen molar-refractivity contribution >= 4 is 115 Å². The molecule has 0 atom stereocenters. The van der Waals surface area contributed by atoms with Crippen LogP contribution in [-0.2, 0) is 24.0 Å². The molecule has 16 aromatic rings. The van der Waals surface area contributed by atoms with Crippen LogP contribution in [0.4, 0.5) is 85.3 Å². The van der Waals surface area contributed by atoms with Gasteiger partial charge in [-0.05, 0) is 318 Å². The van der Waals surface area contributed by atoms with Crippen molar-refractivity contribution in [3.05, 3.63) is 485 Å². The fraction of sp³-hybridized carbons (Fsp3) is 0.0513. The van der Waals surface area contributed by atoms with Crippen LogP contribution in [-0.4, -0.2) is 29.8 Å². The first kappa shape index (κ1) is 90.8. The van der Waals surface area contributed by atoms with E-state index in [1.807, 2.05) is 60.7 Å². The van der Waals surface area contributed by atoms with E-state index >= 15 is 0 Å². The number of nitrogens with zero attached hydrogens (tertiary/aromatic N) is 5. The Morgan fingerprint density at radius 2 is 0.250 bits per heavy atom. The fourth-order valence-corrected chi connectivity index (χ4v) is 14.6. The highest BCUT2D eigenvalue weighted by molar-refractivity contribution is 5.90. The van der Waals surface area contributed by atoms with Gasteiger partial charge in [-0.15, -0.1) is 0 Å². The third kappa shape index (κ3) is 23.4. The first-order chi connectivity index (χ1) is 64.1. The molecular weight excluding hydrogens is 1640 g/mol. The Morgan fingerprint density at radius 3 is 0.364 bits per heavy atom. The minimum absolute atomic E-state index is 0.410. The number of carbonyl (C=O) groups is 5. The van der Waals surface area contributed by atoms with Gasteiger partial charge in [0.05, 0.1) is 0 Å². The minimum Gasteiger partial charge on any atom is -0.423 e. The van der Waals surface area contributed by atoms with Crippen molar-refractivity contribution in [3.63, 3.8) is 0 Å². The Balaban J connectivity index is 0.000000164. The molecule has 0 unspecified atom stereocenters. The van der Waals surface area contributed by atoms with Gasteiger partial charge in [-0.2, -0.15) is 0 Å². The van der Waals surface area contributed by atoms with Gasteiger partial charge >= 0.3 is 29.8 Å². The first-order valence-electron chi connectivity index (χ1n) is 42.8. The molecular formula is C117H97N5O10. The summed E-state index contributed by atoms with van der Waals surface area (Å²) in [5.74, 6) is -0.290. The van der Waals surface area contributed by atoms with Crippen molar-refractivity contribution in [1.82, 2.24) is 0 Å². The maximum Gasteiger partial charge on any atom is 0.335 e. The molecule has 132 heavy (non-hydrogen) atoms. The van der Waals surface area contributed by atoms with E-state index in [1.165, 1.54) is 33.4 Å². The minimum atomic E-state index is -0.527. The zero-order valence-corrected chi connectivity index (χ0v) is 74.2. The normalized spacial score (nSPS) is 10.5. The molecule has 0 amide bonds. The molecule has 0 N–H and O–H groups in total. The number of aryl methyl sites for hydroxylation is 6. The van der Waals surface area contributed by atoms with Crippen LogP contribution in [0.25, 0.3) is 33.4 Å². The highest BCUT2D eigenvalue weighted by Crippen LogP contribution is 2.44. The Kier molecular flexibility index (Phi) is 29.7. The summed E-state index contributed by atoms with van der Waals surface area (Å²) in [6.07, 6.45) is 5.69. The van der Waals surface area contributed by atoms with Gasteiger partial charge < -0.3 is 48.2 Å². The van der Waals surface area contributed by atoms with E-state index in [-0.39, 0.29) is 0 Å². The molecule has 0 bridgehead atoms. The molecule has 0 saturated carbocycles. The summed E-state index contributed by atoms with van der Waals surface area (Å²) in [5.41, 5.74) is 28.6. The predicted octanol–water partition coefficient (Wildman–Crippen LogP) is 29.7. The number of ether oxygens (including phenoxy) is 5. The summed E-state index contributed by atoms with van der Waals surface area (Å²) in [5, 5.41) is 0. The second kappa shape index (κ2) is 43.2. The van der Waals surface area contributed by atoms with E-state index in [0.29, 0.717) is 28.7 Å². The third-order valence-corrected chi connectivity index (χ3v) is 21.5. The van der Waals surface area contributed by atoms with Gasteiger partial charge in [0.25, 0.3) is 0 Å². The molecule has 0 radical (unpaired) electrons. The number of hydrogen-bond acceptors (Lipinski definition) is 15. The largest absolute Gasteiger partial charge is 0.423 e. The second-order valence-corrected chi connectivity index (χ2v) is 31.1. The average molecular weight is 1730 g/mol. The van der Waals surface area contributed by atoms with Gasteiger partial charge in [0.15, 0.2) is 0 Å². The lowest BCUT2D eigenvalue weighted by molar-refractivity contribution is -0.129. The molecule has 0 aliphatic rings. The van der Waals surface area contributed by atoms with Crippen molar-refractivity contribution in [3.8, 4) is 62.1 Å². The van der Waals surface area contributed by atoms with Crippen LogP contribution in [0, 0.1) is 41.5 Å². The van der Waals surface area contributed by atoms with Gasteiger partial charge in [-0.25, -0.2) is 24.0 Å². The predicted molar refractivity (Wildman–Crippen MR) is 537 cm³/mol. The topological polar surface area (TPSA) is 148 Å². The van der Waals surface area contributed by atoms with Gasteiger partial charge in [0.2, 0.25) is 0 Å². The van der Waals surface area contributed by atoms with Crippen LogP contribution in [0.5, 0.6) is 28.7 Å². The molecule has 16 aromatic carbocycles. The van der Waals surface area contributed by atoms with Crippen molar-refractivity contribution in [2.75, 3.05) is 24.5 Å². The molecule has 15 nitrogen and oxygen atoms in total. The lowest BCUT2D eigenvalue weighted by atomic mass is 10.0. The summed E-state index contributed by atoms with van der Waals surface area (Å²) in [6, 6.07) is 130. The second-order valence-electron chi connectivity index (χ2n) is 31.1. The summed E-state index contributed by atoms with van der Waals surface area (Å²) in [6.45, 7) is 29.8. The molecule has 0 heterocycles. The van der Waals surface area contributed by atoms with Crippen molar-refractivity contribution in [2.24, 2.45) is 0 Å². The Bertz CT molecular complexity index is 6380. The zero-order valence-electron chi connectivity index (χ0n) is 74.2. The summed E-state index contributed by atoms with van der Waals surface area (Å²) in [4.78, 5) is 69.1. The number of benzene rings is 16. The Labute approximate surface area is 771 Å². The SMILES string of the molecule is C=CC(=O)Oc1ccc(-c2ccc(N(c3ccc(C)cc3)c3ccc(C)cc3)cc2)cc1.C=CC(=O)Oc1ccc(N(c2ccc(C)cc2)c2ccc(-c3ccc(N(c4ccc(C)cc4)c4ccc(OC(=O)C=C)cc4)cc3)cc2)cc1.C=CC(=O)Oc1ccc(N(c2ccc(OC(=O)C=C)cc2)c2ccc(-c3ccc(N(c4ccc(C)cc4)c4ccc(C)cc4)cc3)cc2)cc1. The molecule has 0 spiro atoms. The van der Waals surface area contributed by atoms with Crippen molar-refractivity contribution in [1.29, 1.82) is 0 Å². The third-order valence-electron chi connectivity index (χ3n) is 21.5. The number of rotatable bonds is 28. The summed E-state index contributed by atoms with van der Waals surface area (Å²) in [7, 11) is 0. The van der Waals surface area contributed by atoms with E-state index in [9.17, 15) is 24.0 Å². The molecule has 650 valence electrons. The monoisotopic (exact) mass is 1730 g/mol. The Hall–Kier alpha value is -17.4. The van der Waals surface area contributed by atoms with Crippen molar-refractivity contribution in [2.45, 2.75) is 41.5 Å². The van der Waals surface area contributed by atoms with Crippen LogP contribution in [0.2, 0.25) is 0 Å². The van der Waals surface area contributed by atoms with E-state index < -0.39 is 29.8 Å². The van der Waals surface area contributed by atoms with Gasteiger partial charge in [0, 0.05) is 116 Å². The van der Waals surface area contributed by atoms with Gasteiger partial charge in [-0.1, -0.05) is 212 Å². The van der Waals surface area contributed by atoms with Crippen LogP contribution in [0.1, 0.15) is 33.4 Å². The number of esters is 5.